The zero-order chi connectivity index (χ0) is 23.1. The molecule has 0 radical (unpaired) electrons. The van der Waals surface area contributed by atoms with Crippen LogP contribution in [0.15, 0.2) is 34.7 Å². The molecule has 0 spiro atoms. The van der Waals surface area contributed by atoms with Crippen LogP contribution in [-0.4, -0.2) is 80.9 Å². The second-order valence-corrected chi connectivity index (χ2v) is 10.1. The highest BCUT2D eigenvalue weighted by Crippen LogP contribution is 2.30. The van der Waals surface area contributed by atoms with Crippen LogP contribution in [0.1, 0.15) is 20.8 Å². The Kier molecular flexibility index (Phi) is 8.46. The van der Waals surface area contributed by atoms with Crippen molar-refractivity contribution in [2.45, 2.75) is 25.7 Å². The van der Waals surface area contributed by atoms with Crippen LogP contribution in [0, 0.1) is 0 Å². The Morgan fingerprint density at radius 2 is 1.91 bits per heavy atom. The van der Waals surface area contributed by atoms with E-state index in [-0.39, 0.29) is 23.1 Å². The van der Waals surface area contributed by atoms with Gasteiger partial charge in [-0.3, -0.25) is 9.69 Å². The minimum absolute atomic E-state index is 0.0675. The van der Waals surface area contributed by atoms with E-state index in [9.17, 15) is 13.2 Å². The topological polar surface area (TPSA) is 95.1 Å². The van der Waals surface area contributed by atoms with E-state index in [1.807, 2.05) is 5.38 Å². The van der Waals surface area contributed by atoms with Crippen molar-refractivity contribution in [2.75, 3.05) is 62.6 Å². The number of ether oxygens (including phenoxy) is 1. The molecule has 2 aromatic rings. The number of nitrogens with zero attached hydrogens (tertiary/aromatic N) is 4. The third-order valence-corrected chi connectivity index (χ3v) is 8.18. The lowest BCUT2D eigenvalue weighted by Crippen LogP contribution is -2.48. The number of nitrogens with one attached hydrogen (secondary N) is 1. The predicted molar refractivity (Wildman–Crippen MR) is 127 cm³/mol. The average molecular weight is 482 g/mol. The molecule has 0 bridgehead atoms. The van der Waals surface area contributed by atoms with Crippen molar-refractivity contribution in [1.82, 2.24) is 14.2 Å². The van der Waals surface area contributed by atoms with Gasteiger partial charge in [0.25, 0.3) is 0 Å². The van der Waals surface area contributed by atoms with Crippen LogP contribution in [0.5, 0.6) is 5.75 Å². The molecule has 0 saturated carbocycles. The fraction of sp³-hybridized carbons (Fsp3) is 0.524. The maximum absolute atomic E-state index is 13.1. The van der Waals surface area contributed by atoms with E-state index in [1.165, 1.54) is 10.4 Å². The molecule has 32 heavy (non-hydrogen) atoms. The summed E-state index contributed by atoms with van der Waals surface area (Å²) in [5.74, 6) is 0.110. The number of rotatable bonds is 10. The van der Waals surface area contributed by atoms with Crippen LogP contribution in [0.4, 0.5) is 10.8 Å². The SMILES string of the molecule is CCOc1ccc(NC(=O)CN2CCN(c3nccs3)CC2)cc1S(=O)(=O)N(CC)CC. The first-order chi connectivity index (χ1) is 15.4. The fourth-order valence-electron chi connectivity index (χ4n) is 3.64. The monoisotopic (exact) mass is 481 g/mol. The molecule has 1 saturated heterocycles. The van der Waals surface area contributed by atoms with Crippen LogP contribution in [0.3, 0.4) is 0 Å². The van der Waals surface area contributed by atoms with E-state index < -0.39 is 10.0 Å². The van der Waals surface area contributed by atoms with Crippen molar-refractivity contribution in [3.05, 3.63) is 29.8 Å². The fourth-order valence-corrected chi connectivity index (χ4v) is 5.95. The van der Waals surface area contributed by atoms with E-state index in [1.54, 1.807) is 50.4 Å². The lowest BCUT2D eigenvalue weighted by Gasteiger charge is -2.34. The van der Waals surface area contributed by atoms with Gasteiger partial charge in [0.15, 0.2) is 5.13 Å². The van der Waals surface area contributed by atoms with Crippen LogP contribution >= 0.6 is 11.3 Å². The van der Waals surface area contributed by atoms with Gasteiger partial charge in [-0.05, 0) is 25.1 Å². The number of thiazole rings is 1. The minimum Gasteiger partial charge on any atom is -0.492 e. The molecular formula is C21H31N5O4S2. The third-order valence-electron chi connectivity index (χ3n) is 5.28. The van der Waals surface area contributed by atoms with Gasteiger partial charge in [0.2, 0.25) is 15.9 Å². The van der Waals surface area contributed by atoms with Crippen molar-refractivity contribution in [3.8, 4) is 5.75 Å². The van der Waals surface area contributed by atoms with Gasteiger partial charge in [-0.15, -0.1) is 11.3 Å². The lowest BCUT2D eigenvalue weighted by atomic mass is 10.3. The molecule has 2 heterocycles. The van der Waals surface area contributed by atoms with Gasteiger partial charge in [0.05, 0.1) is 13.2 Å². The zero-order valence-corrected chi connectivity index (χ0v) is 20.4. The van der Waals surface area contributed by atoms with Gasteiger partial charge >= 0.3 is 0 Å². The normalized spacial score (nSPS) is 15.2. The Morgan fingerprint density at radius 1 is 1.19 bits per heavy atom. The first kappa shape index (κ1) is 24.4. The molecule has 1 N–H and O–H groups in total. The summed E-state index contributed by atoms with van der Waals surface area (Å²) in [6.45, 7) is 9.85. The van der Waals surface area contributed by atoms with Crippen LogP contribution in [0.25, 0.3) is 0 Å². The van der Waals surface area contributed by atoms with Crippen molar-refractivity contribution >= 4 is 38.1 Å². The molecule has 0 aliphatic carbocycles. The van der Waals surface area contributed by atoms with E-state index in [4.69, 9.17) is 4.74 Å². The number of sulfonamides is 1. The van der Waals surface area contributed by atoms with E-state index in [0.29, 0.717) is 25.4 Å². The maximum atomic E-state index is 13.1. The summed E-state index contributed by atoms with van der Waals surface area (Å²) in [6, 6.07) is 4.75. The summed E-state index contributed by atoms with van der Waals surface area (Å²) >= 11 is 1.61. The number of anilines is 2. The number of benzene rings is 1. The second-order valence-electron chi connectivity index (χ2n) is 7.31. The molecule has 0 unspecified atom stereocenters. The molecule has 1 aromatic heterocycles. The van der Waals surface area contributed by atoms with E-state index >= 15 is 0 Å². The first-order valence-corrected chi connectivity index (χ1v) is 13.1. The number of aromatic nitrogens is 1. The molecule has 1 fully saturated rings. The van der Waals surface area contributed by atoms with Gasteiger partial charge in [-0.25, -0.2) is 13.4 Å². The standard InChI is InChI=1S/C21H31N5O4S2/c1-4-26(5-2)32(28,29)19-15-17(7-8-18(19)30-6-3)23-20(27)16-24-10-12-25(13-11-24)21-22-9-14-31-21/h7-9,14-15H,4-6,10-13,16H2,1-3H3,(H,23,27). The van der Waals surface area contributed by atoms with Gasteiger partial charge in [-0.2, -0.15) is 4.31 Å². The second kappa shape index (κ2) is 11.1. The average Bonchev–Trinajstić information content (AvgIpc) is 3.31. The molecule has 9 nitrogen and oxygen atoms in total. The van der Waals surface area contributed by atoms with Crippen LogP contribution in [0.2, 0.25) is 0 Å². The Hall–Kier alpha value is -2.21. The van der Waals surface area contributed by atoms with Gasteiger partial charge in [0, 0.05) is 56.5 Å². The highest BCUT2D eigenvalue weighted by atomic mass is 32.2. The van der Waals surface area contributed by atoms with Crippen LogP contribution < -0.4 is 15.0 Å². The summed E-state index contributed by atoms with van der Waals surface area (Å²) in [5, 5.41) is 5.81. The Labute approximate surface area is 194 Å². The number of amides is 1. The molecule has 1 amide bonds. The summed E-state index contributed by atoms with van der Waals surface area (Å²) < 4.78 is 33.1. The van der Waals surface area contributed by atoms with Gasteiger partial charge < -0.3 is 15.0 Å². The third kappa shape index (κ3) is 5.77. The summed E-state index contributed by atoms with van der Waals surface area (Å²) in [7, 11) is -3.73. The van der Waals surface area contributed by atoms with Crippen molar-refractivity contribution < 1.29 is 17.9 Å². The Morgan fingerprint density at radius 3 is 2.50 bits per heavy atom. The van der Waals surface area contributed by atoms with Crippen molar-refractivity contribution in [1.29, 1.82) is 0 Å². The highest BCUT2D eigenvalue weighted by molar-refractivity contribution is 7.89. The zero-order valence-electron chi connectivity index (χ0n) is 18.8. The number of hydrogen-bond donors (Lipinski definition) is 1. The number of carbonyl (C=O) groups is 1. The van der Waals surface area contributed by atoms with Gasteiger partial charge in [-0.1, -0.05) is 13.8 Å². The molecule has 0 atom stereocenters. The largest absolute Gasteiger partial charge is 0.492 e. The molecular weight excluding hydrogens is 450 g/mol. The van der Waals surface area contributed by atoms with Crippen LogP contribution in [-0.2, 0) is 14.8 Å². The molecule has 176 valence electrons. The van der Waals surface area contributed by atoms with Crippen molar-refractivity contribution in [3.63, 3.8) is 0 Å². The Bertz CT molecular complexity index is 986. The number of hydrogen-bond acceptors (Lipinski definition) is 8. The molecule has 1 aliphatic rings. The quantitative estimate of drug-likeness (QED) is 0.556. The summed E-state index contributed by atoms with van der Waals surface area (Å²) in [6.07, 6.45) is 1.80. The first-order valence-electron chi connectivity index (χ1n) is 10.8. The van der Waals surface area contributed by atoms with E-state index in [0.717, 1.165) is 31.3 Å². The number of carbonyl (C=O) groups excluding carboxylic acids is 1. The van der Waals surface area contributed by atoms with Crippen molar-refractivity contribution in [2.24, 2.45) is 0 Å². The lowest BCUT2D eigenvalue weighted by molar-refractivity contribution is -0.117. The summed E-state index contributed by atoms with van der Waals surface area (Å²) in [4.78, 5) is 21.3. The Balaban J connectivity index is 1.66. The molecule has 1 aromatic carbocycles. The van der Waals surface area contributed by atoms with Gasteiger partial charge in [0.1, 0.15) is 10.6 Å². The molecule has 11 heteroatoms. The summed E-state index contributed by atoms with van der Waals surface area (Å²) in [5.41, 5.74) is 0.436. The molecule has 3 rings (SSSR count). The minimum atomic E-state index is -3.73. The predicted octanol–water partition coefficient (Wildman–Crippen LogP) is 2.33. The highest BCUT2D eigenvalue weighted by Gasteiger charge is 2.27. The molecule has 1 aliphatic heterocycles. The smallest absolute Gasteiger partial charge is 0.246 e. The number of piperazine rings is 1. The maximum Gasteiger partial charge on any atom is 0.246 e. The van der Waals surface area contributed by atoms with E-state index in [2.05, 4.69) is 20.1 Å².